The van der Waals surface area contributed by atoms with E-state index in [1.165, 1.54) is 19.3 Å². The van der Waals surface area contributed by atoms with E-state index in [4.69, 9.17) is 9.97 Å². The Balaban J connectivity index is 0.00000289. The summed E-state index contributed by atoms with van der Waals surface area (Å²) in [7, 11) is 0. The predicted octanol–water partition coefficient (Wildman–Crippen LogP) is 6.78. The van der Waals surface area contributed by atoms with Crippen molar-refractivity contribution in [3.05, 3.63) is 60.0 Å². The Kier molecular flexibility index (Phi) is 8.22. The molecule has 1 aromatic carbocycles. The molecule has 0 bridgehead atoms. The van der Waals surface area contributed by atoms with Gasteiger partial charge < -0.3 is 10.6 Å². The van der Waals surface area contributed by atoms with E-state index in [0.717, 1.165) is 45.0 Å². The summed E-state index contributed by atoms with van der Waals surface area (Å²) in [5.74, 6) is 3.02. The number of aromatic nitrogens is 3. The number of pyridine rings is 1. The molecule has 1 fully saturated rings. The first-order valence-corrected chi connectivity index (χ1v) is 11.6. The second kappa shape index (κ2) is 11.1. The minimum atomic E-state index is 0. The van der Waals surface area contributed by atoms with Crippen molar-refractivity contribution < 1.29 is 0 Å². The highest BCUT2D eigenvalue weighted by Gasteiger charge is 2.23. The molecule has 4 rings (SSSR count). The molecule has 2 aromatic heterocycles. The standard InChI is InChI=1S/C24H28N6S.CH4/c1-16-9-10-19(13-16)28-23-20(15-31-22-11-12-26-14-21(22)25-3)17(2)27-24(30-23)29-18-7-5-4-6-8-18;/h4-8,11-12,14,16,19H,3,9-10,13,15H2,1-2H3,(H2,27,28,29,30);1H4. The number of para-hydroxylation sites is 1. The third kappa shape index (κ3) is 5.85. The van der Waals surface area contributed by atoms with Crippen molar-refractivity contribution in [2.45, 2.75) is 57.2 Å². The molecular formula is C25H32N6S. The summed E-state index contributed by atoms with van der Waals surface area (Å²) in [5.41, 5.74) is 3.86. The van der Waals surface area contributed by atoms with Gasteiger partial charge in [0.25, 0.3) is 0 Å². The number of hydrogen-bond acceptors (Lipinski definition) is 7. The number of nitrogens with one attached hydrogen (secondary N) is 2. The molecule has 7 heteroatoms. The van der Waals surface area contributed by atoms with Gasteiger partial charge in [-0.15, -0.1) is 11.8 Å². The van der Waals surface area contributed by atoms with Crippen molar-refractivity contribution in [3.63, 3.8) is 0 Å². The highest BCUT2D eigenvalue weighted by molar-refractivity contribution is 7.98. The smallest absolute Gasteiger partial charge is 0.229 e. The largest absolute Gasteiger partial charge is 0.367 e. The Morgan fingerprint density at radius 1 is 1.16 bits per heavy atom. The van der Waals surface area contributed by atoms with E-state index in [0.29, 0.717) is 12.0 Å². The van der Waals surface area contributed by atoms with Gasteiger partial charge in [-0.3, -0.25) is 9.98 Å². The molecule has 0 amide bonds. The van der Waals surface area contributed by atoms with Gasteiger partial charge in [0.15, 0.2) is 0 Å². The van der Waals surface area contributed by atoms with Crippen LogP contribution < -0.4 is 10.6 Å². The Labute approximate surface area is 195 Å². The van der Waals surface area contributed by atoms with Crippen LogP contribution in [0.25, 0.3) is 0 Å². The third-order valence-corrected chi connectivity index (χ3v) is 6.67. The highest BCUT2D eigenvalue weighted by Crippen LogP contribution is 2.35. The lowest BCUT2D eigenvalue weighted by Crippen LogP contribution is -2.19. The average molecular weight is 449 g/mol. The van der Waals surface area contributed by atoms with Crippen molar-refractivity contribution >= 4 is 41.6 Å². The zero-order chi connectivity index (χ0) is 21.6. The molecule has 0 radical (unpaired) electrons. The number of nitrogens with zero attached hydrogens (tertiary/aromatic N) is 4. The third-order valence-electron chi connectivity index (χ3n) is 5.58. The van der Waals surface area contributed by atoms with E-state index in [9.17, 15) is 0 Å². The number of rotatable bonds is 8. The lowest BCUT2D eigenvalue weighted by Gasteiger charge is -2.19. The lowest BCUT2D eigenvalue weighted by atomic mass is 10.1. The lowest BCUT2D eigenvalue weighted by molar-refractivity contribution is 0.602. The van der Waals surface area contributed by atoms with Crippen molar-refractivity contribution in [1.82, 2.24) is 15.0 Å². The molecule has 3 aromatic rings. The first kappa shape index (κ1) is 23.7. The summed E-state index contributed by atoms with van der Waals surface area (Å²) in [5, 5.41) is 7.06. The molecule has 0 saturated heterocycles. The van der Waals surface area contributed by atoms with Crippen LogP contribution in [0.5, 0.6) is 0 Å². The number of thioether (sulfide) groups is 1. The second-order valence-corrected chi connectivity index (χ2v) is 9.02. The molecule has 1 aliphatic rings. The van der Waals surface area contributed by atoms with E-state index in [1.807, 2.05) is 36.4 Å². The van der Waals surface area contributed by atoms with Crippen LogP contribution in [-0.2, 0) is 5.75 Å². The maximum absolute atomic E-state index is 4.88. The van der Waals surface area contributed by atoms with E-state index in [2.05, 4.69) is 41.2 Å². The van der Waals surface area contributed by atoms with Crippen molar-refractivity contribution in [3.8, 4) is 0 Å². The normalized spacial score (nSPS) is 17.4. The van der Waals surface area contributed by atoms with Gasteiger partial charge in [0, 0.05) is 39.8 Å². The fraction of sp³-hybridized carbons (Fsp3) is 0.360. The number of hydrogen-bond donors (Lipinski definition) is 2. The first-order chi connectivity index (χ1) is 15.1. The highest BCUT2D eigenvalue weighted by atomic mass is 32.2. The monoisotopic (exact) mass is 448 g/mol. The van der Waals surface area contributed by atoms with Crippen molar-refractivity contribution in [2.75, 3.05) is 10.6 Å². The number of benzene rings is 1. The summed E-state index contributed by atoms with van der Waals surface area (Å²) in [6.45, 7) is 8.03. The zero-order valence-corrected chi connectivity index (χ0v) is 18.8. The van der Waals surface area contributed by atoms with Crippen LogP contribution in [0.4, 0.5) is 23.1 Å². The molecule has 0 aliphatic heterocycles. The van der Waals surface area contributed by atoms with Gasteiger partial charge in [-0.2, -0.15) is 4.98 Å². The minimum Gasteiger partial charge on any atom is -0.367 e. The predicted molar refractivity (Wildman–Crippen MR) is 137 cm³/mol. The van der Waals surface area contributed by atoms with E-state index in [1.54, 1.807) is 24.2 Å². The van der Waals surface area contributed by atoms with Crippen molar-refractivity contribution in [2.24, 2.45) is 10.9 Å². The molecule has 1 saturated carbocycles. The fourth-order valence-corrected chi connectivity index (χ4v) is 4.96. The summed E-state index contributed by atoms with van der Waals surface area (Å²) < 4.78 is 0. The second-order valence-electron chi connectivity index (χ2n) is 8.00. The molecule has 2 heterocycles. The van der Waals surface area contributed by atoms with Crippen LogP contribution in [0, 0.1) is 12.8 Å². The van der Waals surface area contributed by atoms with Gasteiger partial charge in [0.05, 0.1) is 11.9 Å². The molecular weight excluding hydrogens is 416 g/mol. The maximum atomic E-state index is 4.88. The molecule has 2 N–H and O–H groups in total. The van der Waals surface area contributed by atoms with Crippen LogP contribution in [-0.4, -0.2) is 27.7 Å². The van der Waals surface area contributed by atoms with Gasteiger partial charge in [-0.25, -0.2) is 4.98 Å². The summed E-state index contributed by atoms with van der Waals surface area (Å²) >= 11 is 1.71. The van der Waals surface area contributed by atoms with Gasteiger partial charge in [0.1, 0.15) is 5.82 Å². The Morgan fingerprint density at radius 3 is 2.69 bits per heavy atom. The fourth-order valence-electron chi connectivity index (χ4n) is 3.89. The number of anilines is 3. The van der Waals surface area contributed by atoms with Crippen LogP contribution in [0.15, 0.2) is 58.7 Å². The maximum Gasteiger partial charge on any atom is 0.229 e. The Bertz CT molecular complexity index is 1040. The van der Waals surface area contributed by atoms with E-state index in [-0.39, 0.29) is 7.43 Å². The molecule has 6 nitrogen and oxygen atoms in total. The molecule has 2 atom stereocenters. The number of aryl methyl sites for hydroxylation is 1. The van der Waals surface area contributed by atoms with Crippen molar-refractivity contribution in [1.29, 1.82) is 0 Å². The Morgan fingerprint density at radius 2 is 1.97 bits per heavy atom. The first-order valence-electron chi connectivity index (χ1n) is 10.6. The van der Waals surface area contributed by atoms with E-state index < -0.39 is 0 Å². The van der Waals surface area contributed by atoms with Crippen LogP contribution >= 0.6 is 11.8 Å². The number of aliphatic imine (C=N–C) groups is 1. The van der Waals surface area contributed by atoms with Crippen LogP contribution in [0.1, 0.15) is 44.9 Å². The zero-order valence-electron chi connectivity index (χ0n) is 18.0. The topological polar surface area (TPSA) is 75.1 Å². The van der Waals surface area contributed by atoms with Gasteiger partial charge in [-0.05, 0) is 57.0 Å². The summed E-state index contributed by atoms with van der Waals surface area (Å²) in [4.78, 5) is 18.9. The van der Waals surface area contributed by atoms with E-state index >= 15 is 0 Å². The SMILES string of the molecule is C.C=Nc1cnccc1SCc1c(C)nc(Nc2ccccc2)nc1NC1CCC(C)C1. The van der Waals surface area contributed by atoms with Gasteiger partial charge in [0.2, 0.25) is 5.95 Å². The summed E-state index contributed by atoms with van der Waals surface area (Å²) in [6.07, 6.45) is 7.13. The summed E-state index contributed by atoms with van der Waals surface area (Å²) in [6, 6.07) is 12.4. The molecule has 1 aliphatic carbocycles. The van der Waals surface area contributed by atoms with Gasteiger partial charge >= 0.3 is 0 Å². The van der Waals surface area contributed by atoms with Gasteiger partial charge in [-0.1, -0.05) is 32.5 Å². The molecule has 32 heavy (non-hydrogen) atoms. The van der Waals surface area contributed by atoms with Crippen LogP contribution in [0.3, 0.4) is 0 Å². The molecule has 2 unspecified atom stereocenters. The average Bonchev–Trinajstić information content (AvgIpc) is 3.18. The Hall–Kier alpha value is -2.93. The van der Waals surface area contributed by atoms with Crippen LogP contribution in [0.2, 0.25) is 0 Å². The minimum absolute atomic E-state index is 0. The molecule has 168 valence electrons. The molecule has 0 spiro atoms. The quantitative estimate of drug-likeness (QED) is 0.292.